The topological polar surface area (TPSA) is 57.7 Å². The van der Waals surface area contributed by atoms with E-state index in [-0.39, 0.29) is 17.3 Å². The first-order chi connectivity index (χ1) is 13.3. The molecule has 0 bridgehead atoms. The first-order valence-corrected chi connectivity index (χ1v) is 11.2. The quantitative estimate of drug-likeness (QED) is 0.731. The van der Waals surface area contributed by atoms with Crippen LogP contribution in [0.25, 0.3) is 0 Å². The highest BCUT2D eigenvalue weighted by Crippen LogP contribution is 2.28. The number of para-hydroxylation sites is 1. The van der Waals surface area contributed by atoms with Crippen molar-refractivity contribution in [3.8, 4) is 0 Å². The molecule has 0 aliphatic carbocycles. The number of amides is 1. The number of benzene rings is 2. The molecule has 2 aromatic carbocycles. The van der Waals surface area contributed by atoms with E-state index in [2.05, 4.69) is 6.92 Å². The molecule has 1 fully saturated rings. The predicted octanol–water partition coefficient (Wildman–Crippen LogP) is 4.10. The first kappa shape index (κ1) is 20.7. The van der Waals surface area contributed by atoms with Crippen molar-refractivity contribution in [3.63, 3.8) is 0 Å². The molecule has 2 aromatic rings. The summed E-state index contributed by atoms with van der Waals surface area (Å²) >= 11 is 5.91. The van der Waals surface area contributed by atoms with Crippen molar-refractivity contribution in [3.05, 3.63) is 59.1 Å². The van der Waals surface area contributed by atoms with Gasteiger partial charge < -0.3 is 4.90 Å². The Balaban J connectivity index is 1.97. The summed E-state index contributed by atoms with van der Waals surface area (Å²) in [5, 5.41) is 0.458. The Morgan fingerprint density at radius 2 is 1.86 bits per heavy atom. The van der Waals surface area contributed by atoms with E-state index in [1.165, 1.54) is 16.4 Å². The van der Waals surface area contributed by atoms with E-state index < -0.39 is 10.0 Å². The van der Waals surface area contributed by atoms with Crippen LogP contribution in [0.3, 0.4) is 0 Å². The fourth-order valence-corrected chi connectivity index (χ4v) is 5.12. The lowest BCUT2D eigenvalue weighted by atomic mass is 10.0. The summed E-state index contributed by atoms with van der Waals surface area (Å²) in [6.07, 6.45) is 2.04. The minimum absolute atomic E-state index is 0.111. The van der Waals surface area contributed by atoms with E-state index in [9.17, 15) is 13.2 Å². The highest BCUT2D eigenvalue weighted by atomic mass is 35.5. The van der Waals surface area contributed by atoms with E-state index in [4.69, 9.17) is 11.6 Å². The number of rotatable bonds is 5. The van der Waals surface area contributed by atoms with Gasteiger partial charge in [0.05, 0.1) is 10.6 Å². The van der Waals surface area contributed by atoms with Crippen molar-refractivity contribution >= 4 is 33.2 Å². The van der Waals surface area contributed by atoms with E-state index in [0.29, 0.717) is 29.7 Å². The lowest BCUT2D eigenvalue weighted by molar-refractivity contribution is -0.131. The van der Waals surface area contributed by atoms with E-state index in [0.717, 1.165) is 18.4 Å². The summed E-state index contributed by atoms with van der Waals surface area (Å²) in [7, 11) is -3.91. The number of halogens is 1. The Bertz CT molecular complexity index is 944. The van der Waals surface area contributed by atoms with Crippen LogP contribution in [0.2, 0.25) is 5.02 Å². The molecule has 28 heavy (non-hydrogen) atoms. The van der Waals surface area contributed by atoms with Crippen molar-refractivity contribution < 1.29 is 13.2 Å². The third kappa shape index (κ3) is 4.50. The Morgan fingerprint density at radius 1 is 1.18 bits per heavy atom. The zero-order valence-corrected chi connectivity index (χ0v) is 17.7. The summed E-state index contributed by atoms with van der Waals surface area (Å²) in [6, 6.07) is 13.2. The summed E-state index contributed by atoms with van der Waals surface area (Å²) in [4.78, 5) is 14.9. The normalized spacial score (nSPS) is 17.4. The molecular weight excluding hydrogens is 396 g/mol. The van der Waals surface area contributed by atoms with Gasteiger partial charge in [0, 0.05) is 18.1 Å². The molecule has 1 heterocycles. The van der Waals surface area contributed by atoms with Crippen molar-refractivity contribution in [2.75, 3.05) is 23.9 Å². The molecule has 0 unspecified atom stereocenters. The smallest absolute Gasteiger partial charge is 0.264 e. The zero-order chi connectivity index (χ0) is 20.3. The van der Waals surface area contributed by atoms with Crippen molar-refractivity contribution in [1.29, 1.82) is 0 Å². The maximum Gasteiger partial charge on any atom is 0.264 e. The van der Waals surface area contributed by atoms with Gasteiger partial charge in [-0.1, -0.05) is 36.7 Å². The number of hydrogen-bond donors (Lipinski definition) is 0. The molecule has 1 aliphatic heterocycles. The third-order valence-corrected chi connectivity index (χ3v) is 7.10. The lowest BCUT2D eigenvalue weighted by Gasteiger charge is -2.33. The van der Waals surface area contributed by atoms with Gasteiger partial charge in [0.25, 0.3) is 10.0 Å². The Kier molecular flexibility index (Phi) is 6.30. The number of carbonyl (C=O) groups is 1. The molecule has 5 nitrogen and oxygen atoms in total. The average molecular weight is 421 g/mol. The summed E-state index contributed by atoms with van der Waals surface area (Å²) in [5.41, 5.74) is 1.30. The van der Waals surface area contributed by atoms with Gasteiger partial charge in [-0.25, -0.2) is 8.42 Å². The van der Waals surface area contributed by atoms with Gasteiger partial charge in [0.15, 0.2) is 0 Å². The number of carbonyl (C=O) groups excluding carboxylic acids is 1. The van der Waals surface area contributed by atoms with Crippen LogP contribution in [-0.4, -0.2) is 38.9 Å². The van der Waals surface area contributed by atoms with Crippen LogP contribution in [0, 0.1) is 12.8 Å². The highest BCUT2D eigenvalue weighted by Gasteiger charge is 2.31. The van der Waals surface area contributed by atoms with E-state index >= 15 is 0 Å². The molecule has 0 N–H and O–H groups in total. The molecule has 7 heteroatoms. The van der Waals surface area contributed by atoms with Crippen molar-refractivity contribution in [1.82, 2.24) is 4.90 Å². The molecule has 0 aromatic heterocycles. The Morgan fingerprint density at radius 3 is 2.50 bits per heavy atom. The maximum atomic E-state index is 13.4. The van der Waals surface area contributed by atoms with Gasteiger partial charge in [0.2, 0.25) is 5.91 Å². The fraction of sp³-hybridized carbons (Fsp3) is 0.381. The molecular formula is C21H25ClN2O3S. The van der Waals surface area contributed by atoms with Gasteiger partial charge in [0.1, 0.15) is 6.54 Å². The first-order valence-electron chi connectivity index (χ1n) is 9.41. The number of sulfonamides is 1. The van der Waals surface area contributed by atoms with Crippen LogP contribution in [0.5, 0.6) is 0 Å². The van der Waals surface area contributed by atoms with E-state index in [1.54, 1.807) is 29.2 Å². The standard InChI is InChI=1S/C21H25ClN2O3S/c1-16-6-5-13-23(14-16)21(25)15-24(20-8-4-3-7-17(20)2)28(26,27)19-11-9-18(22)10-12-19/h3-4,7-12,16H,5-6,13-15H2,1-2H3/t16-/m1/s1. The van der Waals surface area contributed by atoms with Crippen molar-refractivity contribution in [2.45, 2.75) is 31.6 Å². The second-order valence-electron chi connectivity index (χ2n) is 7.34. The van der Waals surface area contributed by atoms with Crippen molar-refractivity contribution in [2.24, 2.45) is 5.92 Å². The molecule has 1 aliphatic rings. The SMILES string of the molecule is Cc1ccccc1N(CC(=O)N1CCC[C@@H](C)C1)S(=O)(=O)c1ccc(Cl)cc1. The molecule has 0 spiro atoms. The second kappa shape index (κ2) is 8.53. The number of hydrogen-bond acceptors (Lipinski definition) is 3. The monoisotopic (exact) mass is 420 g/mol. The van der Waals surface area contributed by atoms with Crippen LogP contribution in [-0.2, 0) is 14.8 Å². The molecule has 1 amide bonds. The van der Waals surface area contributed by atoms with E-state index in [1.807, 2.05) is 19.1 Å². The Labute approximate surface area is 172 Å². The largest absolute Gasteiger partial charge is 0.341 e. The number of aryl methyl sites for hydroxylation is 1. The van der Waals surface area contributed by atoms with Crippen LogP contribution >= 0.6 is 11.6 Å². The average Bonchev–Trinajstić information content (AvgIpc) is 2.67. The predicted molar refractivity (Wildman–Crippen MR) is 112 cm³/mol. The van der Waals surface area contributed by atoms with Gasteiger partial charge in [-0.05, 0) is 61.6 Å². The molecule has 1 atom stereocenters. The number of piperidine rings is 1. The minimum Gasteiger partial charge on any atom is -0.341 e. The van der Waals surface area contributed by atoms with Gasteiger partial charge in [-0.3, -0.25) is 9.10 Å². The van der Waals surface area contributed by atoms with Gasteiger partial charge in [-0.2, -0.15) is 0 Å². The van der Waals surface area contributed by atoms with Gasteiger partial charge in [-0.15, -0.1) is 0 Å². The number of likely N-dealkylation sites (tertiary alicyclic amines) is 1. The Hall–Kier alpha value is -2.05. The molecule has 0 radical (unpaired) electrons. The lowest BCUT2D eigenvalue weighted by Crippen LogP contribution is -2.46. The van der Waals surface area contributed by atoms with Crippen LogP contribution in [0.1, 0.15) is 25.3 Å². The van der Waals surface area contributed by atoms with Crippen LogP contribution < -0.4 is 4.31 Å². The summed E-state index contributed by atoms with van der Waals surface area (Å²) < 4.78 is 28.0. The zero-order valence-electron chi connectivity index (χ0n) is 16.1. The number of anilines is 1. The fourth-order valence-electron chi connectivity index (χ4n) is 3.52. The molecule has 0 saturated carbocycles. The third-order valence-electron chi connectivity index (χ3n) is 5.07. The maximum absolute atomic E-state index is 13.4. The van der Waals surface area contributed by atoms with Gasteiger partial charge >= 0.3 is 0 Å². The molecule has 1 saturated heterocycles. The molecule has 3 rings (SSSR count). The number of nitrogens with zero attached hydrogens (tertiary/aromatic N) is 2. The minimum atomic E-state index is -3.91. The molecule has 150 valence electrons. The second-order valence-corrected chi connectivity index (χ2v) is 9.64. The summed E-state index contributed by atoms with van der Waals surface area (Å²) in [5.74, 6) is 0.254. The highest BCUT2D eigenvalue weighted by molar-refractivity contribution is 7.92. The summed E-state index contributed by atoms with van der Waals surface area (Å²) in [6.45, 7) is 5.08. The van der Waals surface area contributed by atoms with Crippen LogP contribution in [0.15, 0.2) is 53.4 Å². The van der Waals surface area contributed by atoms with Crippen LogP contribution in [0.4, 0.5) is 5.69 Å².